The van der Waals surface area contributed by atoms with Crippen LogP contribution in [0.3, 0.4) is 0 Å². The van der Waals surface area contributed by atoms with Crippen molar-refractivity contribution in [2.45, 2.75) is 33.4 Å². The fraction of sp³-hybridized carbons (Fsp3) is 0.375. The summed E-state index contributed by atoms with van der Waals surface area (Å²) in [4.78, 5) is 11.6. The number of anilines is 2. The minimum absolute atomic E-state index is 0.850. The molecule has 1 aromatic heterocycles. The van der Waals surface area contributed by atoms with Gasteiger partial charge in [-0.3, -0.25) is 0 Å². The number of nitrogens with one attached hydrogen (secondary N) is 1. The van der Waals surface area contributed by atoms with E-state index in [0.29, 0.717) is 0 Å². The van der Waals surface area contributed by atoms with Gasteiger partial charge in [-0.05, 0) is 18.1 Å². The molecule has 0 fully saturated rings. The minimum Gasteiger partial charge on any atom is -0.373 e. The second kappa shape index (κ2) is 5.12. The zero-order valence-corrected chi connectivity index (χ0v) is 12.3. The summed E-state index contributed by atoms with van der Waals surface area (Å²) in [6.45, 7) is 6.04. The van der Waals surface area contributed by atoms with Gasteiger partial charge in [0.15, 0.2) is 0 Å². The van der Waals surface area contributed by atoms with Gasteiger partial charge in [-0.1, -0.05) is 31.2 Å². The van der Waals surface area contributed by atoms with Gasteiger partial charge in [-0.15, -0.1) is 0 Å². The summed E-state index contributed by atoms with van der Waals surface area (Å²) in [7, 11) is 1.91. The Morgan fingerprint density at radius 1 is 1.15 bits per heavy atom. The first-order valence-electron chi connectivity index (χ1n) is 7.10. The average molecular weight is 268 g/mol. The van der Waals surface area contributed by atoms with Crippen LogP contribution in [0.2, 0.25) is 0 Å². The van der Waals surface area contributed by atoms with Crippen molar-refractivity contribution < 1.29 is 0 Å². The largest absolute Gasteiger partial charge is 0.373 e. The van der Waals surface area contributed by atoms with Crippen molar-refractivity contribution >= 4 is 11.6 Å². The van der Waals surface area contributed by atoms with Crippen LogP contribution in [-0.4, -0.2) is 17.0 Å². The van der Waals surface area contributed by atoms with E-state index in [-0.39, 0.29) is 0 Å². The molecule has 0 radical (unpaired) electrons. The van der Waals surface area contributed by atoms with Crippen molar-refractivity contribution in [1.82, 2.24) is 9.97 Å². The van der Waals surface area contributed by atoms with E-state index < -0.39 is 0 Å². The molecule has 1 aromatic carbocycles. The Labute approximate surface area is 119 Å². The second-order valence-corrected chi connectivity index (χ2v) is 5.17. The van der Waals surface area contributed by atoms with Crippen molar-refractivity contribution in [1.29, 1.82) is 0 Å². The number of benzene rings is 1. The summed E-state index contributed by atoms with van der Waals surface area (Å²) in [5, 5.41) is 3.18. The normalized spacial score (nSPS) is 13.4. The third kappa shape index (κ3) is 2.11. The van der Waals surface area contributed by atoms with Crippen LogP contribution < -0.4 is 10.2 Å². The molecule has 104 valence electrons. The maximum absolute atomic E-state index is 4.74. The molecule has 0 saturated carbocycles. The number of aromatic nitrogens is 2. The molecule has 0 saturated heterocycles. The second-order valence-electron chi connectivity index (χ2n) is 5.17. The Hall–Kier alpha value is -2.10. The maximum atomic E-state index is 4.74. The van der Waals surface area contributed by atoms with Crippen molar-refractivity contribution in [3.63, 3.8) is 0 Å². The fourth-order valence-corrected chi connectivity index (χ4v) is 2.74. The highest BCUT2D eigenvalue weighted by Gasteiger charge is 2.22. The molecule has 1 aliphatic rings. The third-order valence-corrected chi connectivity index (χ3v) is 3.86. The molecular formula is C16H20N4. The van der Waals surface area contributed by atoms with E-state index in [0.717, 1.165) is 42.5 Å². The molecule has 1 N–H and O–H groups in total. The zero-order chi connectivity index (χ0) is 14.1. The summed E-state index contributed by atoms with van der Waals surface area (Å²) >= 11 is 0. The lowest BCUT2D eigenvalue weighted by atomic mass is 10.1. The van der Waals surface area contributed by atoms with Crippen LogP contribution >= 0.6 is 0 Å². The molecule has 0 unspecified atom stereocenters. The van der Waals surface area contributed by atoms with Crippen molar-refractivity contribution in [3.05, 3.63) is 46.8 Å². The summed E-state index contributed by atoms with van der Waals surface area (Å²) in [5.41, 5.74) is 3.92. The molecule has 4 nitrogen and oxygen atoms in total. The minimum atomic E-state index is 0.850. The first kappa shape index (κ1) is 12.9. The topological polar surface area (TPSA) is 41.1 Å². The van der Waals surface area contributed by atoms with Crippen LogP contribution in [0.4, 0.5) is 11.6 Å². The van der Waals surface area contributed by atoms with Gasteiger partial charge in [-0.2, -0.15) is 0 Å². The third-order valence-electron chi connectivity index (χ3n) is 3.86. The lowest BCUT2D eigenvalue weighted by Gasteiger charge is -2.21. The smallest absolute Gasteiger partial charge is 0.137 e. The van der Waals surface area contributed by atoms with E-state index in [2.05, 4.69) is 53.3 Å². The predicted octanol–water partition coefficient (Wildman–Crippen LogP) is 2.91. The van der Waals surface area contributed by atoms with E-state index in [9.17, 15) is 0 Å². The quantitative estimate of drug-likeness (QED) is 0.929. The molecule has 2 heterocycles. The van der Waals surface area contributed by atoms with Gasteiger partial charge in [0.05, 0.1) is 0 Å². The molecule has 0 spiro atoms. The van der Waals surface area contributed by atoms with E-state index in [4.69, 9.17) is 4.98 Å². The Morgan fingerprint density at radius 3 is 2.35 bits per heavy atom. The molecule has 20 heavy (non-hydrogen) atoms. The van der Waals surface area contributed by atoms with E-state index >= 15 is 0 Å². The maximum Gasteiger partial charge on any atom is 0.137 e. The van der Waals surface area contributed by atoms with Crippen LogP contribution in [0.1, 0.15) is 29.4 Å². The Bertz CT molecular complexity index is 611. The number of fused-ring (bicyclic) bond motifs is 1. The van der Waals surface area contributed by atoms with Gasteiger partial charge < -0.3 is 10.2 Å². The molecule has 0 bridgehead atoms. The van der Waals surface area contributed by atoms with Crippen LogP contribution in [0.15, 0.2) is 24.3 Å². The van der Waals surface area contributed by atoms with Gasteiger partial charge >= 0.3 is 0 Å². The molecule has 0 amide bonds. The van der Waals surface area contributed by atoms with Gasteiger partial charge in [0.1, 0.15) is 17.5 Å². The fourth-order valence-electron chi connectivity index (χ4n) is 2.74. The standard InChI is InChI=1S/C16H20N4/c1-4-14-18-15(17-3)11(2)16(19-14)20-9-12-7-5-6-8-13(12)10-20/h5-8H,4,9-10H2,1-3H3,(H,17,18,19). The van der Waals surface area contributed by atoms with Gasteiger partial charge in [0.25, 0.3) is 0 Å². The van der Waals surface area contributed by atoms with Crippen molar-refractivity contribution in [2.75, 3.05) is 17.3 Å². The highest BCUT2D eigenvalue weighted by atomic mass is 15.2. The zero-order valence-electron chi connectivity index (χ0n) is 12.3. The molecule has 0 atom stereocenters. The number of nitrogens with zero attached hydrogens (tertiary/aromatic N) is 3. The average Bonchev–Trinajstić information content (AvgIpc) is 2.91. The first-order chi connectivity index (χ1) is 9.72. The molecule has 1 aliphatic heterocycles. The van der Waals surface area contributed by atoms with E-state index in [1.807, 2.05) is 7.05 Å². The Balaban J connectivity index is 2.00. The van der Waals surface area contributed by atoms with Gasteiger partial charge in [-0.25, -0.2) is 9.97 Å². The van der Waals surface area contributed by atoms with Crippen LogP contribution in [0, 0.1) is 6.92 Å². The predicted molar refractivity (Wildman–Crippen MR) is 82.0 cm³/mol. The summed E-state index contributed by atoms with van der Waals surface area (Å²) in [6.07, 6.45) is 0.850. The van der Waals surface area contributed by atoms with Gasteiger partial charge in [0, 0.05) is 32.1 Å². The monoisotopic (exact) mass is 268 g/mol. The summed E-state index contributed by atoms with van der Waals surface area (Å²) < 4.78 is 0. The van der Waals surface area contributed by atoms with Crippen LogP contribution in [0.5, 0.6) is 0 Å². The lowest BCUT2D eigenvalue weighted by Crippen LogP contribution is -2.19. The van der Waals surface area contributed by atoms with Crippen molar-refractivity contribution in [3.8, 4) is 0 Å². The molecule has 0 aliphatic carbocycles. The summed E-state index contributed by atoms with van der Waals surface area (Å²) in [5.74, 6) is 2.88. The number of aryl methyl sites for hydroxylation is 1. The highest BCUT2D eigenvalue weighted by molar-refractivity contribution is 5.60. The van der Waals surface area contributed by atoms with Crippen molar-refractivity contribution in [2.24, 2.45) is 0 Å². The van der Waals surface area contributed by atoms with E-state index in [1.165, 1.54) is 11.1 Å². The lowest BCUT2D eigenvalue weighted by molar-refractivity contribution is 0.821. The SMILES string of the molecule is CCc1nc(NC)c(C)c(N2Cc3ccccc3C2)n1. The van der Waals surface area contributed by atoms with Gasteiger partial charge in [0.2, 0.25) is 0 Å². The number of hydrogen-bond acceptors (Lipinski definition) is 4. The molecular weight excluding hydrogens is 248 g/mol. The number of hydrogen-bond donors (Lipinski definition) is 1. The number of rotatable bonds is 3. The Morgan fingerprint density at radius 2 is 1.80 bits per heavy atom. The van der Waals surface area contributed by atoms with Crippen LogP contribution in [0.25, 0.3) is 0 Å². The summed E-state index contributed by atoms with van der Waals surface area (Å²) in [6, 6.07) is 8.61. The molecule has 2 aromatic rings. The Kier molecular flexibility index (Phi) is 3.30. The highest BCUT2D eigenvalue weighted by Crippen LogP contribution is 2.31. The van der Waals surface area contributed by atoms with E-state index in [1.54, 1.807) is 0 Å². The van der Waals surface area contributed by atoms with Crippen LogP contribution in [-0.2, 0) is 19.5 Å². The first-order valence-corrected chi connectivity index (χ1v) is 7.10. The molecule has 3 rings (SSSR count). The molecule has 4 heteroatoms.